The second kappa shape index (κ2) is 6.49. The second-order valence-corrected chi connectivity index (χ2v) is 7.30. The lowest BCUT2D eigenvalue weighted by Crippen LogP contribution is -2.69. The van der Waals surface area contributed by atoms with Crippen molar-refractivity contribution in [3.05, 3.63) is 30.3 Å². The Morgan fingerprint density at radius 2 is 1.96 bits per heavy atom. The number of carbonyl (C=O) groups excluding carboxylic acids is 1. The molecule has 1 aromatic rings. The minimum absolute atomic E-state index is 0.0829. The van der Waals surface area contributed by atoms with Crippen LogP contribution in [-0.4, -0.2) is 78.6 Å². The van der Waals surface area contributed by atoms with Crippen molar-refractivity contribution in [1.29, 1.82) is 0 Å². The van der Waals surface area contributed by atoms with E-state index in [1.54, 1.807) is 0 Å². The number of carbonyl (C=O) groups is 1. The number of likely N-dealkylation sites (N-methyl/N-ethyl adjacent to an activating group) is 1. The standard InChI is InChI=1S/C18H27N3O2/c1-18(2)14-19(3)11-15-12-20(9-10-21(15)18)17(22)13-23-16-7-5-4-6-8-16/h4-8,15H,9-14H2,1-3H3. The average Bonchev–Trinajstić information content (AvgIpc) is 2.52. The summed E-state index contributed by atoms with van der Waals surface area (Å²) in [6, 6.07) is 9.94. The van der Waals surface area contributed by atoms with Crippen LogP contribution >= 0.6 is 0 Å². The normalized spacial score (nSPS) is 25.0. The predicted octanol–water partition coefficient (Wildman–Crippen LogP) is 1.30. The maximum Gasteiger partial charge on any atom is 0.260 e. The maximum atomic E-state index is 12.5. The van der Waals surface area contributed by atoms with Crippen molar-refractivity contribution >= 4 is 5.91 Å². The summed E-state index contributed by atoms with van der Waals surface area (Å²) in [6.07, 6.45) is 0. The van der Waals surface area contributed by atoms with Gasteiger partial charge in [-0.2, -0.15) is 0 Å². The Kier molecular flexibility index (Phi) is 4.60. The van der Waals surface area contributed by atoms with Crippen LogP contribution < -0.4 is 4.74 Å². The van der Waals surface area contributed by atoms with Gasteiger partial charge in [0.15, 0.2) is 6.61 Å². The van der Waals surface area contributed by atoms with Crippen LogP contribution in [0.1, 0.15) is 13.8 Å². The van der Waals surface area contributed by atoms with Crippen molar-refractivity contribution < 1.29 is 9.53 Å². The van der Waals surface area contributed by atoms with Gasteiger partial charge in [-0.05, 0) is 33.0 Å². The summed E-state index contributed by atoms with van der Waals surface area (Å²) in [5.41, 5.74) is 0.174. The number of nitrogens with zero attached hydrogens (tertiary/aromatic N) is 3. The summed E-state index contributed by atoms with van der Waals surface area (Å²) >= 11 is 0. The number of rotatable bonds is 3. The van der Waals surface area contributed by atoms with Crippen LogP contribution in [0.5, 0.6) is 5.75 Å². The Morgan fingerprint density at radius 1 is 1.22 bits per heavy atom. The molecule has 3 rings (SSSR count). The largest absolute Gasteiger partial charge is 0.484 e. The summed E-state index contributed by atoms with van der Waals surface area (Å²) in [5.74, 6) is 0.831. The molecule has 0 radical (unpaired) electrons. The van der Waals surface area contributed by atoms with E-state index in [0.717, 1.165) is 38.5 Å². The first-order valence-corrected chi connectivity index (χ1v) is 8.36. The topological polar surface area (TPSA) is 36.0 Å². The lowest BCUT2D eigenvalue weighted by Gasteiger charge is -2.55. The molecule has 0 aromatic heterocycles. The molecule has 23 heavy (non-hydrogen) atoms. The third-order valence-corrected chi connectivity index (χ3v) is 4.90. The van der Waals surface area contributed by atoms with Crippen LogP contribution in [0.3, 0.4) is 0 Å². The summed E-state index contributed by atoms with van der Waals surface area (Å²) in [4.78, 5) is 19.4. The zero-order valence-corrected chi connectivity index (χ0v) is 14.4. The van der Waals surface area contributed by atoms with Gasteiger partial charge in [0, 0.05) is 44.3 Å². The molecule has 0 spiro atoms. The number of hydrogen-bond donors (Lipinski definition) is 0. The summed E-state index contributed by atoms with van der Waals surface area (Å²) in [6.45, 7) is 9.35. The van der Waals surface area contributed by atoms with Crippen molar-refractivity contribution in [2.75, 3.05) is 46.4 Å². The number of hydrogen-bond acceptors (Lipinski definition) is 4. The van der Waals surface area contributed by atoms with Crippen LogP contribution in [0.2, 0.25) is 0 Å². The van der Waals surface area contributed by atoms with E-state index >= 15 is 0 Å². The molecule has 2 aliphatic rings. The van der Waals surface area contributed by atoms with E-state index in [9.17, 15) is 4.79 Å². The number of fused-ring (bicyclic) bond motifs is 1. The van der Waals surface area contributed by atoms with E-state index in [1.807, 2.05) is 35.2 Å². The third-order valence-electron chi connectivity index (χ3n) is 4.90. The van der Waals surface area contributed by atoms with E-state index in [-0.39, 0.29) is 18.1 Å². The molecule has 1 atom stereocenters. The minimum atomic E-state index is 0.0829. The summed E-state index contributed by atoms with van der Waals surface area (Å²) in [7, 11) is 2.17. The van der Waals surface area contributed by atoms with Gasteiger partial charge in [0.2, 0.25) is 0 Å². The van der Waals surface area contributed by atoms with Crippen LogP contribution in [0.15, 0.2) is 30.3 Å². The first-order chi connectivity index (χ1) is 11.0. The lowest BCUT2D eigenvalue weighted by molar-refractivity contribution is -0.140. The zero-order chi connectivity index (χ0) is 16.4. The molecular weight excluding hydrogens is 290 g/mol. The molecule has 1 amide bonds. The zero-order valence-electron chi connectivity index (χ0n) is 14.4. The molecule has 5 nitrogen and oxygen atoms in total. The van der Waals surface area contributed by atoms with Gasteiger partial charge < -0.3 is 14.5 Å². The molecule has 0 bridgehead atoms. The van der Waals surface area contributed by atoms with Gasteiger partial charge in [0.25, 0.3) is 5.91 Å². The monoisotopic (exact) mass is 317 g/mol. The SMILES string of the molecule is CN1CC2CN(C(=O)COc3ccccc3)CCN2C(C)(C)C1. The minimum Gasteiger partial charge on any atom is -0.484 e. The van der Waals surface area contributed by atoms with Crippen molar-refractivity contribution in [2.45, 2.75) is 25.4 Å². The Labute approximate surface area is 138 Å². The van der Waals surface area contributed by atoms with Crippen molar-refractivity contribution in [1.82, 2.24) is 14.7 Å². The molecule has 0 N–H and O–H groups in total. The van der Waals surface area contributed by atoms with Crippen LogP contribution in [0, 0.1) is 0 Å². The molecule has 0 saturated carbocycles. The summed E-state index contributed by atoms with van der Waals surface area (Å²) < 4.78 is 5.60. The van der Waals surface area contributed by atoms with Gasteiger partial charge in [-0.25, -0.2) is 0 Å². The maximum absolute atomic E-state index is 12.5. The van der Waals surface area contributed by atoms with Gasteiger partial charge in [0.05, 0.1) is 0 Å². The number of benzene rings is 1. The van der Waals surface area contributed by atoms with E-state index < -0.39 is 0 Å². The van der Waals surface area contributed by atoms with Gasteiger partial charge >= 0.3 is 0 Å². The van der Waals surface area contributed by atoms with Crippen LogP contribution in [-0.2, 0) is 4.79 Å². The van der Waals surface area contributed by atoms with Gasteiger partial charge in [-0.3, -0.25) is 9.69 Å². The van der Waals surface area contributed by atoms with Crippen LogP contribution in [0.4, 0.5) is 0 Å². The van der Waals surface area contributed by atoms with Crippen LogP contribution in [0.25, 0.3) is 0 Å². The highest BCUT2D eigenvalue weighted by molar-refractivity contribution is 5.78. The molecule has 5 heteroatoms. The third kappa shape index (κ3) is 3.67. The molecule has 1 aromatic carbocycles. The quantitative estimate of drug-likeness (QED) is 0.842. The predicted molar refractivity (Wildman–Crippen MR) is 90.6 cm³/mol. The fourth-order valence-corrected chi connectivity index (χ4v) is 3.96. The van der Waals surface area contributed by atoms with Crippen molar-refractivity contribution in [3.8, 4) is 5.75 Å². The first-order valence-electron chi connectivity index (χ1n) is 8.36. The first kappa shape index (κ1) is 16.3. The van der Waals surface area contributed by atoms with Crippen molar-refractivity contribution in [2.24, 2.45) is 0 Å². The molecule has 2 heterocycles. The van der Waals surface area contributed by atoms with E-state index in [0.29, 0.717) is 6.04 Å². The van der Waals surface area contributed by atoms with E-state index in [2.05, 4.69) is 30.7 Å². The molecular formula is C18H27N3O2. The highest BCUT2D eigenvalue weighted by Gasteiger charge is 2.42. The van der Waals surface area contributed by atoms with E-state index in [1.165, 1.54) is 0 Å². The van der Waals surface area contributed by atoms with Gasteiger partial charge in [-0.1, -0.05) is 18.2 Å². The van der Waals surface area contributed by atoms with Crippen molar-refractivity contribution in [3.63, 3.8) is 0 Å². The number of ether oxygens (including phenoxy) is 1. The van der Waals surface area contributed by atoms with Gasteiger partial charge in [-0.15, -0.1) is 0 Å². The summed E-state index contributed by atoms with van der Waals surface area (Å²) in [5, 5.41) is 0. The second-order valence-electron chi connectivity index (χ2n) is 7.30. The number of para-hydroxylation sites is 1. The number of amides is 1. The Bertz CT molecular complexity index is 546. The Balaban J connectivity index is 1.57. The Hall–Kier alpha value is -1.59. The van der Waals surface area contributed by atoms with Gasteiger partial charge in [0.1, 0.15) is 5.75 Å². The molecule has 2 aliphatic heterocycles. The fraction of sp³-hybridized carbons (Fsp3) is 0.611. The highest BCUT2D eigenvalue weighted by atomic mass is 16.5. The Morgan fingerprint density at radius 3 is 2.70 bits per heavy atom. The fourth-order valence-electron chi connectivity index (χ4n) is 3.96. The smallest absolute Gasteiger partial charge is 0.260 e. The molecule has 126 valence electrons. The van der Waals surface area contributed by atoms with E-state index in [4.69, 9.17) is 4.74 Å². The lowest BCUT2D eigenvalue weighted by atomic mass is 9.93. The molecule has 1 unspecified atom stereocenters. The molecule has 2 fully saturated rings. The highest BCUT2D eigenvalue weighted by Crippen LogP contribution is 2.27. The molecule has 0 aliphatic carbocycles. The average molecular weight is 317 g/mol. The molecule has 2 saturated heterocycles. The number of piperazine rings is 2.